The summed E-state index contributed by atoms with van der Waals surface area (Å²) in [6.07, 6.45) is 0. The Morgan fingerprint density at radius 2 is 1.85 bits per heavy atom. The minimum Gasteiger partial charge on any atom is -0.370 e. The molecule has 3 nitrogen and oxygen atoms in total. The average molecular weight is 287 g/mol. The highest BCUT2D eigenvalue weighted by Crippen LogP contribution is 2.33. The zero-order valence-corrected chi connectivity index (χ0v) is 13.6. The van der Waals surface area contributed by atoms with Crippen LogP contribution in [-0.2, 0) is 0 Å². The van der Waals surface area contributed by atoms with Crippen LogP contribution in [0.2, 0.25) is 0 Å². The third-order valence-corrected chi connectivity index (χ3v) is 4.36. The van der Waals surface area contributed by atoms with E-state index in [-0.39, 0.29) is 0 Å². The second-order valence-electron chi connectivity index (χ2n) is 4.95. The standard InChI is InChI=1S/C16H21N3S/c1-6-17-15-12(4)16(19-13(5)18-15)20-14-9-10(2)7-8-11(14)3/h7-9H,6H2,1-5H3,(H,17,18,19). The molecular formula is C16H21N3S. The number of benzene rings is 1. The Morgan fingerprint density at radius 3 is 2.55 bits per heavy atom. The lowest BCUT2D eigenvalue weighted by Crippen LogP contribution is -2.05. The number of aryl methyl sites for hydroxylation is 3. The molecule has 1 N–H and O–H groups in total. The lowest BCUT2D eigenvalue weighted by atomic mass is 10.2. The molecule has 1 heterocycles. The molecule has 0 aliphatic heterocycles. The summed E-state index contributed by atoms with van der Waals surface area (Å²) in [6, 6.07) is 6.51. The maximum absolute atomic E-state index is 4.59. The van der Waals surface area contributed by atoms with Crippen molar-refractivity contribution in [3.05, 3.63) is 40.7 Å². The number of rotatable bonds is 4. The predicted octanol–water partition coefficient (Wildman–Crippen LogP) is 4.29. The monoisotopic (exact) mass is 287 g/mol. The Morgan fingerprint density at radius 1 is 1.10 bits per heavy atom. The third-order valence-electron chi connectivity index (χ3n) is 3.11. The Bertz CT molecular complexity index is 623. The molecule has 0 bridgehead atoms. The van der Waals surface area contributed by atoms with Crippen LogP contribution in [0.25, 0.3) is 0 Å². The van der Waals surface area contributed by atoms with Crippen LogP contribution in [0.15, 0.2) is 28.1 Å². The van der Waals surface area contributed by atoms with Crippen LogP contribution >= 0.6 is 11.8 Å². The summed E-state index contributed by atoms with van der Waals surface area (Å²) in [4.78, 5) is 10.3. The van der Waals surface area contributed by atoms with Gasteiger partial charge in [-0.2, -0.15) is 0 Å². The summed E-state index contributed by atoms with van der Waals surface area (Å²) >= 11 is 1.72. The van der Waals surface area contributed by atoms with Crippen LogP contribution in [0.1, 0.15) is 29.4 Å². The molecule has 0 saturated carbocycles. The molecule has 0 amide bonds. The zero-order chi connectivity index (χ0) is 14.7. The normalized spacial score (nSPS) is 10.7. The molecule has 0 fully saturated rings. The number of nitrogens with one attached hydrogen (secondary N) is 1. The molecule has 4 heteroatoms. The highest BCUT2D eigenvalue weighted by atomic mass is 32.2. The minimum atomic E-state index is 0.805. The van der Waals surface area contributed by atoms with Gasteiger partial charge in [-0.25, -0.2) is 9.97 Å². The van der Waals surface area contributed by atoms with Crippen molar-refractivity contribution < 1.29 is 0 Å². The van der Waals surface area contributed by atoms with Crippen LogP contribution in [0.3, 0.4) is 0 Å². The number of aromatic nitrogens is 2. The molecule has 20 heavy (non-hydrogen) atoms. The van der Waals surface area contributed by atoms with Crippen molar-refractivity contribution in [1.29, 1.82) is 0 Å². The molecule has 0 spiro atoms. The van der Waals surface area contributed by atoms with E-state index in [0.29, 0.717) is 0 Å². The maximum atomic E-state index is 4.59. The lowest BCUT2D eigenvalue weighted by Gasteiger charge is -2.13. The summed E-state index contributed by atoms with van der Waals surface area (Å²) in [5.74, 6) is 1.74. The van der Waals surface area contributed by atoms with Crippen LogP contribution < -0.4 is 5.32 Å². The molecule has 0 saturated heterocycles. The van der Waals surface area contributed by atoms with Gasteiger partial charge in [0.2, 0.25) is 0 Å². The van der Waals surface area contributed by atoms with E-state index in [0.717, 1.165) is 28.8 Å². The van der Waals surface area contributed by atoms with Gasteiger partial charge in [-0.1, -0.05) is 23.9 Å². The highest BCUT2D eigenvalue weighted by molar-refractivity contribution is 7.99. The van der Waals surface area contributed by atoms with Crippen molar-refractivity contribution in [2.75, 3.05) is 11.9 Å². The van der Waals surface area contributed by atoms with Gasteiger partial charge >= 0.3 is 0 Å². The van der Waals surface area contributed by atoms with Crippen molar-refractivity contribution in [2.24, 2.45) is 0 Å². The van der Waals surface area contributed by atoms with Gasteiger partial charge < -0.3 is 5.32 Å². The molecular weight excluding hydrogens is 266 g/mol. The van der Waals surface area contributed by atoms with E-state index in [2.05, 4.69) is 61.2 Å². The molecule has 0 atom stereocenters. The molecule has 1 aromatic heterocycles. The van der Waals surface area contributed by atoms with Crippen molar-refractivity contribution >= 4 is 17.6 Å². The number of hydrogen-bond donors (Lipinski definition) is 1. The quantitative estimate of drug-likeness (QED) is 0.851. The summed E-state index contributed by atoms with van der Waals surface area (Å²) in [6.45, 7) is 11.2. The Labute approximate surface area is 125 Å². The predicted molar refractivity (Wildman–Crippen MR) is 85.7 cm³/mol. The zero-order valence-electron chi connectivity index (χ0n) is 12.7. The van der Waals surface area contributed by atoms with E-state index < -0.39 is 0 Å². The topological polar surface area (TPSA) is 37.8 Å². The molecule has 0 aliphatic carbocycles. The van der Waals surface area contributed by atoms with E-state index in [1.54, 1.807) is 11.8 Å². The lowest BCUT2D eigenvalue weighted by molar-refractivity contribution is 0.932. The van der Waals surface area contributed by atoms with E-state index in [1.807, 2.05) is 6.92 Å². The van der Waals surface area contributed by atoms with E-state index >= 15 is 0 Å². The third kappa shape index (κ3) is 3.31. The molecule has 0 aliphatic rings. The van der Waals surface area contributed by atoms with Gasteiger partial charge in [0.25, 0.3) is 0 Å². The molecule has 2 aromatic rings. The largest absolute Gasteiger partial charge is 0.370 e. The van der Waals surface area contributed by atoms with Gasteiger partial charge in [0.1, 0.15) is 16.7 Å². The first-order valence-electron chi connectivity index (χ1n) is 6.85. The van der Waals surface area contributed by atoms with E-state index in [4.69, 9.17) is 0 Å². The van der Waals surface area contributed by atoms with Crippen LogP contribution in [-0.4, -0.2) is 16.5 Å². The average Bonchev–Trinajstić information content (AvgIpc) is 2.39. The number of anilines is 1. The van der Waals surface area contributed by atoms with Crippen LogP contribution in [0, 0.1) is 27.7 Å². The van der Waals surface area contributed by atoms with Gasteiger partial charge in [-0.05, 0) is 51.8 Å². The SMILES string of the molecule is CCNc1nc(C)nc(Sc2cc(C)ccc2C)c1C. The minimum absolute atomic E-state index is 0.805. The number of nitrogens with zero attached hydrogens (tertiary/aromatic N) is 2. The summed E-state index contributed by atoms with van der Waals surface area (Å²) in [7, 11) is 0. The molecule has 106 valence electrons. The second kappa shape index (κ2) is 6.27. The van der Waals surface area contributed by atoms with Crippen molar-refractivity contribution in [3.63, 3.8) is 0 Å². The van der Waals surface area contributed by atoms with Gasteiger partial charge in [-0.15, -0.1) is 0 Å². The van der Waals surface area contributed by atoms with Crippen molar-refractivity contribution in [3.8, 4) is 0 Å². The summed E-state index contributed by atoms with van der Waals surface area (Å²) < 4.78 is 0. The summed E-state index contributed by atoms with van der Waals surface area (Å²) in [5, 5.41) is 4.33. The van der Waals surface area contributed by atoms with Crippen LogP contribution in [0.4, 0.5) is 5.82 Å². The molecule has 1 aromatic carbocycles. The fourth-order valence-corrected chi connectivity index (χ4v) is 3.07. The fourth-order valence-electron chi connectivity index (χ4n) is 1.96. The van der Waals surface area contributed by atoms with E-state index in [1.165, 1.54) is 16.0 Å². The molecule has 0 unspecified atom stereocenters. The smallest absolute Gasteiger partial charge is 0.133 e. The van der Waals surface area contributed by atoms with Gasteiger partial charge in [-0.3, -0.25) is 0 Å². The Balaban J connectivity index is 2.40. The van der Waals surface area contributed by atoms with Gasteiger partial charge in [0.15, 0.2) is 0 Å². The summed E-state index contributed by atoms with van der Waals surface area (Å²) in [5.41, 5.74) is 3.66. The van der Waals surface area contributed by atoms with Gasteiger partial charge in [0, 0.05) is 17.0 Å². The Kier molecular flexibility index (Phi) is 4.65. The van der Waals surface area contributed by atoms with Gasteiger partial charge in [0.05, 0.1) is 0 Å². The second-order valence-corrected chi connectivity index (χ2v) is 5.98. The Hall–Kier alpha value is -1.55. The first-order chi connectivity index (χ1) is 9.51. The highest BCUT2D eigenvalue weighted by Gasteiger charge is 2.11. The van der Waals surface area contributed by atoms with Crippen LogP contribution in [0.5, 0.6) is 0 Å². The molecule has 0 radical (unpaired) electrons. The fraction of sp³-hybridized carbons (Fsp3) is 0.375. The molecule has 2 rings (SSSR count). The van der Waals surface area contributed by atoms with Crippen molar-refractivity contribution in [2.45, 2.75) is 44.5 Å². The first-order valence-corrected chi connectivity index (χ1v) is 7.67. The van der Waals surface area contributed by atoms with E-state index in [9.17, 15) is 0 Å². The first kappa shape index (κ1) is 14.9. The number of hydrogen-bond acceptors (Lipinski definition) is 4. The maximum Gasteiger partial charge on any atom is 0.133 e. The van der Waals surface area contributed by atoms with Crippen molar-refractivity contribution in [1.82, 2.24) is 9.97 Å².